The van der Waals surface area contributed by atoms with Crippen LogP contribution in [0.1, 0.15) is 96.8 Å². The molecule has 0 aliphatic rings. The Kier molecular flexibility index (Phi) is 25.4. The minimum absolute atomic E-state index is 0. The van der Waals surface area contributed by atoms with Crippen LogP contribution in [-0.2, 0) is 0 Å². The van der Waals surface area contributed by atoms with Gasteiger partial charge in [0.2, 0.25) is 0 Å². The van der Waals surface area contributed by atoms with Gasteiger partial charge in [-0.3, -0.25) is 0 Å². The van der Waals surface area contributed by atoms with Crippen LogP contribution < -0.4 is 0 Å². The van der Waals surface area contributed by atoms with Gasteiger partial charge in [-0.25, -0.2) is 0 Å². The second-order valence-electron chi connectivity index (χ2n) is 7.61. The summed E-state index contributed by atoms with van der Waals surface area (Å²) in [7, 11) is 6.88. The van der Waals surface area contributed by atoms with Crippen molar-refractivity contribution in [2.75, 3.05) is 27.7 Å². The summed E-state index contributed by atoms with van der Waals surface area (Å²) >= 11 is 0. The van der Waals surface area contributed by atoms with E-state index in [0.717, 1.165) is 4.48 Å². The van der Waals surface area contributed by atoms with E-state index in [1.54, 1.807) is 0 Å². The summed E-state index contributed by atoms with van der Waals surface area (Å²) < 4.78 is 1.12. The average molecular weight is 373 g/mol. The van der Waals surface area contributed by atoms with Crippen molar-refractivity contribution >= 4 is 35.8 Å². The van der Waals surface area contributed by atoms with Gasteiger partial charge in [0.25, 0.3) is 0 Å². The first-order valence-electron chi connectivity index (χ1n) is 9.36. The quantitative estimate of drug-likeness (QED) is 0.185. The van der Waals surface area contributed by atoms with Crippen molar-refractivity contribution in [2.24, 2.45) is 0 Å². The zero-order chi connectivity index (χ0) is 15.1. The number of nitrogens with zero attached hydrogens (tertiary/aromatic N) is 1. The second kappa shape index (κ2) is 20.1. The number of halogens is 1. The average Bonchev–Trinajstić information content (AvgIpc) is 2.38. The maximum atomic E-state index is 2.29. The molecule has 0 aliphatic carbocycles. The Morgan fingerprint density at radius 1 is 0.500 bits per heavy atom. The van der Waals surface area contributed by atoms with E-state index in [2.05, 4.69) is 28.1 Å². The van der Waals surface area contributed by atoms with Crippen LogP contribution in [-0.4, -0.2) is 51.0 Å². The standard InChI is InChI=1S/C19H42N.BrH.Li.H/c1-5-6-7-8-9-10-11-12-13-14-15-16-17-18-19-20(2,3)4;;;/h5-19H2,1-4H3;1H;;/q+1;;;. The third-order valence-corrected chi connectivity index (χ3v) is 4.18. The molecule has 0 bridgehead atoms. The molecule has 0 aliphatic heterocycles. The van der Waals surface area contributed by atoms with Crippen LogP contribution >= 0.6 is 17.0 Å². The van der Waals surface area contributed by atoms with Crippen LogP contribution in [0.15, 0.2) is 0 Å². The molecule has 3 heteroatoms. The van der Waals surface area contributed by atoms with Gasteiger partial charge >= 0.3 is 18.9 Å². The molecule has 1 nitrogen and oxygen atoms in total. The maximum absolute atomic E-state index is 2.29. The number of hydrogen-bond acceptors (Lipinski definition) is 0. The Bertz CT molecular complexity index is 192. The first kappa shape index (κ1) is 27.9. The SMILES string of the molecule is Br.CCCCCCCCCCCCCCCC[N+](C)(C)C.[LiH]. The van der Waals surface area contributed by atoms with Gasteiger partial charge in [0.1, 0.15) is 0 Å². The predicted octanol–water partition coefficient (Wildman–Crippen LogP) is 6.10. The molecule has 0 amide bonds. The van der Waals surface area contributed by atoms with Gasteiger partial charge in [-0.1, -0.05) is 84.0 Å². The molecule has 0 saturated heterocycles. The van der Waals surface area contributed by atoms with Gasteiger partial charge in [-0.05, 0) is 12.8 Å². The molecular formula is C19H44BrLiN+. The predicted molar refractivity (Wildman–Crippen MR) is 111 cm³/mol. The second-order valence-corrected chi connectivity index (χ2v) is 7.61. The van der Waals surface area contributed by atoms with Crippen LogP contribution in [0, 0.1) is 0 Å². The molecule has 0 N–H and O–H groups in total. The Hall–Kier alpha value is 1.04. The third-order valence-electron chi connectivity index (χ3n) is 4.18. The van der Waals surface area contributed by atoms with E-state index in [-0.39, 0.29) is 35.8 Å². The Morgan fingerprint density at radius 2 is 0.773 bits per heavy atom. The van der Waals surface area contributed by atoms with Crippen LogP contribution in [0.3, 0.4) is 0 Å². The third kappa shape index (κ3) is 26.0. The summed E-state index contributed by atoms with van der Waals surface area (Å²) in [5.74, 6) is 0. The van der Waals surface area contributed by atoms with Crippen molar-refractivity contribution in [1.82, 2.24) is 0 Å². The number of unbranched alkanes of at least 4 members (excludes halogenated alkanes) is 13. The van der Waals surface area contributed by atoms with E-state index in [9.17, 15) is 0 Å². The molecule has 0 heterocycles. The van der Waals surface area contributed by atoms with Crippen LogP contribution in [0.4, 0.5) is 0 Å². The van der Waals surface area contributed by atoms with Crippen molar-refractivity contribution in [2.45, 2.75) is 96.8 Å². The van der Waals surface area contributed by atoms with Gasteiger partial charge in [-0.15, -0.1) is 17.0 Å². The van der Waals surface area contributed by atoms with Gasteiger partial charge in [0, 0.05) is 0 Å². The molecular weight excluding hydrogens is 329 g/mol. The normalized spacial score (nSPS) is 10.9. The van der Waals surface area contributed by atoms with Gasteiger partial charge in [0.15, 0.2) is 0 Å². The Morgan fingerprint density at radius 3 is 1.05 bits per heavy atom. The molecule has 0 spiro atoms. The summed E-state index contributed by atoms with van der Waals surface area (Å²) in [5.41, 5.74) is 0. The summed E-state index contributed by atoms with van der Waals surface area (Å²) in [6.07, 6.45) is 20.4. The van der Waals surface area contributed by atoms with Crippen LogP contribution in [0.2, 0.25) is 0 Å². The van der Waals surface area contributed by atoms with Crippen molar-refractivity contribution in [3.05, 3.63) is 0 Å². The van der Waals surface area contributed by atoms with E-state index in [0.29, 0.717) is 0 Å². The van der Waals surface area contributed by atoms with E-state index in [4.69, 9.17) is 0 Å². The summed E-state index contributed by atoms with van der Waals surface area (Å²) in [6.45, 7) is 3.63. The van der Waals surface area contributed by atoms with Crippen molar-refractivity contribution in [3.8, 4) is 0 Å². The molecule has 0 rings (SSSR count). The zero-order valence-electron chi connectivity index (χ0n) is 15.5. The molecule has 0 radical (unpaired) electrons. The first-order chi connectivity index (χ1) is 9.56. The molecule has 0 aromatic carbocycles. The van der Waals surface area contributed by atoms with E-state index in [1.807, 2.05) is 0 Å². The van der Waals surface area contributed by atoms with Gasteiger partial charge in [0.05, 0.1) is 27.7 Å². The summed E-state index contributed by atoms with van der Waals surface area (Å²) in [6, 6.07) is 0. The molecule has 0 fully saturated rings. The number of hydrogen-bond donors (Lipinski definition) is 0. The molecule has 0 aromatic rings. The fourth-order valence-corrected chi connectivity index (χ4v) is 2.78. The fraction of sp³-hybridized carbons (Fsp3) is 1.00. The topological polar surface area (TPSA) is 0 Å². The number of quaternary nitrogens is 1. The first-order valence-corrected chi connectivity index (χ1v) is 9.36. The molecule has 0 aromatic heterocycles. The van der Waals surface area contributed by atoms with E-state index < -0.39 is 0 Å². The van der Waals surface area contributed by atoms with Gasteiger partial charge in [-0.2, -0.15) is 0 Å². The fourth-order valence-electron chi connectivity index (χ4n) is 2.78. The van der Waals surface area contributed by atoms with E-state index >= 15 is 0 Å². The molecule has 0 saturated carbocycles. The Balaban J connectivity index is -0.00000180. The van der Waals surface area contributed by atoms with Crippen molar-refractivity contribution in [1.29, 1.82) is 0 Å². The van der Waals surface area contributed by atoms with Crippen molar-refractivity contribution < 1.29 is 4.48 Å². The molecule has 132 valence electrons. The van der Waals surface area contributed by atoms with E-state index in [1.165, 1.54) is 96.4 Å². The Labute approximate surface area is 164 Å². The van der Waals surface area contributed by atoms with Crippen LogP contribution in [0.25, 0.3) is 0 Å². The van der Waals surface area contributed by atoms with Crippen molar-refractivity contribution in [3.63, 3.8) is 0 Å². The van der Waals surface area contributed by atoms with Gasteiger partial charge < -0.3 is 4.48 Å². The minimum atomic E-state index is 0. The summed E-state index contributed by atoms with van der Waals surface area (Å²) in [4.78, 5) is 0. The zero-order valence-corrected chi connectivity index (χ0v) is 17.2. The van der Waals surface area contributed by atoms with Crippen LogP contribution in [0.5, 0.6) is 0 Å². The molecule has 0 unspecified atom stereocenters. The molecule has 0 atom stereocenters. The number of rotatable bonds is 15. The monoisotopic (exact) mass is 372 g/mol. The summed E-state index contributed by atoms with van der Waals surface area (Å²) in [5, 5.41) is 0. The molecule has 22 heavy (non-hydrogen) atoms.